The van der Waals surface area contributed by atoms with Gasteiger partial charge in [-0.25, -0.2) is 0 Å². The number of rotatable bonds is 6. The lowest BCUT2D eigenvalue weighted by atomic mass is 10.0. The van der Waals surface area contributed by atoms with Crippen LogP contribution < -0.4 is 9.80 Å². The first kappa shape index (κ1) is 35.8. The first-order valence-electron chi connectivity index (χ1n) is 20.7. The topological polar surface area (TPSA) is 32.8 Å². The molecule has 4 heteroatoms. The third kappa shape index (κ3) is 5.98. The molecule has 0 radical (unpaired) electrons. The Balaban J connectivity index is 1.01. The third-order valence-electron chi connectivity index (χ3n) is 12.1. The zero-order valence-electron chi connectivity index (χ0n) is 34.7. The normalized spacial score (nSPS) is 11.8. The van der Waals surface area contributed by atoms with Gasteiger partial charge in [-0.2, -0.15) is 0 Å². The minimum atomic E-state index is 0.818. The van der Waals surface area contributed by atoms with E-state index >= 15 is 0 Å². The quantitative estimate of drug-likeness (QED) is 0.168. The summed E-state index contributed by atoms with van der Waals surface area (Å²) in [5.74, 6) is 0. The minimum Gasteiger partial charge on any atom is -0.456 e. The van der Waals surface area contributed by atoms with Crippen molar-refractivity contribution < 1.29 is 8.83 Å². The van der Waals surface area contributed by atoms with E-state index in [0.29, 0.717) is 0 Å². The molecule has 0 aliphatic carbocycles. The van der Waals surface area contributed by atoms with Crippen LogP contribution in [0.15, 0.2) is 167 Å². The lowest BCUT2D eigenvalue weighted by molar-refractivity contribution is 0.656. The average molecular weight is 777 g/mol. The van der Waals surface area contributed by atoms with Crippen LogP contribution in [0.4, 0.5) is 34.1 Å². The fourth-order valence-corrected chi connectivity index (χ4v) is 9.43. The van der Waals surface area contributed by atoms with Crippen molar-refractivity contribution in [3.8, 4) is 0 Å². The Bertz CT molecular complexity index is 3260. The summed E-state index contributed by atoms with van der Waals surface area (Å²) in [4.78, 5) is 4.74. The Hall–Kier alpha value is -7.30. The highest BCUT2D eigenvalue weighted by atomic mass is 16.3. The molecule has 9 aromatic carbocycles. The van der Waals surface area contributed by atoms with Crippen molar-refractivity contribution in [3.63, 3.8) is 0 Å². The Morgan fingerprint density at radius 2 is 0.683 bits per heavy atom. The van der Waals surface area contributed by atoms with E-state index in [1.54, 1.807) is 0 Å². The maximum absolute atomic E-state index is 6.64. The number of fused-ring (bicyclic) bond motifs is 8. The molecule has 0 fully saturated rings. The predicted molar refractivity (Wildman–Crippen MR) is 254 cm³/mol. The second-order valence-corrected chi connectivity index (χ2v) is 16.7. The molecule has 11 aromatic rings. The van der Waals surface area contributed by atoms with Crippen molar-refractivity contribution in [2.45, 2.75) is 41.5 Å². The van der Waals surface area contributed by atoms with Crippen LogP contribution in [0.2, 0.25) is 0 Å². The van der Waals surface area contributed by atoms with E-state index in [1.165, 1.54) is 44.2 Å². The molecule has 290 valence electrons. The Labute approximate surface area is 349 Å². The molecule has 0 atom stereocenters. The molecular weight excluding hydrogens is 733 g/mol. The van der Waals surface area contributed by atoms with Crippen LogP contribution in [0.25, 0.3) is 65.4 Å². The van der Waals surface area contributed by atoms with Gasteiger partial charge >= 0.3 is 0 Å². The van der Waals surface area contributed by atoms with E-state index in [1.807, 2.05) is 0 Å². The summed E-state index contributed by atoms with van der Waals surface area (Å²) < 4.78 is 13.3. The summed E-state index contributed by atoms with van der Waals surface area (Å²) in [6.45, 7) is 13.0. The SMILES string of the molecule is Cc1cc(C)cc(N(c2ccc3cc4c(cc3c2)oc2cc3oc5cc6cc(N(c7cc(C)cc(C)c7)c7ccccc7C)ccc6cc5c3cc24)c2ccccc2C)c1. The molecule has 0 aliphatic heterocycles. The number of para-hydroxylation sites is 2. The van der Waals surface area contributed by atoms with Gasteiger partial charge in [-0.15, -0.1) is 0 Å². The van der Waals surface area contributed by atoms with E-state index in [9.17, 15) is 0 Å². The zero-order chi connectivity index (χ0) is 40.8. The van der Waals surface area contributed by atoms with E-state index in [2.05, 4.69) is 209 Å². The Morgan fingerprint density at radius 1 is 0.300 bits per heavy atom. The van der Waals surface area contributed by atoms with Gasteiger partial charge in [0.05, 0.1) is 0 Å². The number of hydrogen-bond acceptors (Lipinski definition) is 4. The molecule has 0 amide bonds. The summed E-state index contributed by atoms with van der Waals surface area (Å²) in [7, 11) is 0. The van der Waals surface area contributed by atoms with E-state index in [-0.39, 0.29) is 0 Å². The van der Waals surface area contributed by atoms with Crippen molar-refractivity contribution in [1.29, 1.82) is 0 Å². The van der Waals surface area contributed by atoms with E-state index in [4.69, 9.17) is 8.83 Å². The number of nitrogens with zero attached hydrogens (tertiary/aromatic N) is 2. The average Bonchev–Trinajstić information content (AvgIpc) is 3.74. The minimum absolute atomic E-state index is 0.818. The van der Waals surface area contributed by atoms with Crippen LogP contribution in [-0.2, 0) is 0 Å². The van der Waals surface area contributed by atoms with Crippen LogP contribution in [0.3, 0.4) is 0 Å². The molecule has 0 bridgehead atoms. The fourth-order valence-electron chi connectivity index (χ4n) is 9.43. The van der Waals surface area contributed by atoms with Crippen molar-refractivity contribution in [1.82, 2.24) is 0 Å². The molecule has 0 aliphatic rings. The van der Waals surface area contributed by atoms with Gasteiger partial charge in [0.2, 0.25) is 0 Å². The van der Waals surface area contributed by atoms with Gasteiger partial charge in [0, 0.05) is 61.7 Å². The molecule has 0 unspecified atom stereocenters. The number of aryl methyl sites for hydroxylation is 6. The first-order chi connectivity index (χ1) is 29.1. The van der Waals surface area contributed by atoms with Crippen LogP contribution in [0.1, 0.15) is 33.4 Å². The first-order valence-corrected chi connectivity index (χ1v) is 20.7. The van der Waals surface area contributed by atoms with Crippen molar-refractivity contribution >= 4 is 99.5 Å². The maximum atomic E-state index is 6.64. The monoisotopic (exact) mass is 776 g/mol. The van der Waals surface area contributed by atoms with Crippen LogP contribution in [-0.4, -0.2) is 0 Å². The van der Waals surface area contributed by atoms with E-state index in [0.717, 1.165) is 88.8 Å². The third-order valence-corrected chi connectivity index (χ3v) is 12.1. The number of benzene rings is 9. The van der Waals surface area contributed by atoms with Crippen LogP contribution in [0.5, 0.6) is 0 Å². The number of furan rings is 2. The van der Waals surface area contributed by atoms with Gasteiger partial charge in [0.15, 0.2) is 0 Å². The van der Waals surface area contributed by atoms with Gasteiger partial charge in [-0.05, 0) is 187 Å². The lowest BCUT2D eigenvalue weighted by Crippen LogP contribution is -2.11. The standard InChI is InChI=1S/C56H44N2O2/c1-33-19-34(2)22-45(21-33)57(51-13-9-7-11-37(51)5)43-17-15-39-27-47-49-31-50-48-28-40-16-18-44(58(52-14-10-8-12-38(52)6)46-23-35(3)20-36(4)24-46)26-42(40)30-54(48)60-56(50)32-55(49)59-53(47)29-41(39)25-43/h7-32H,1-6H3. The molecule has 0 spiro atoms. The second-order valence-electron chi connectivity index (χ2n) is 16.7. The predicted octanol–water partition coefficient (Wildman–Crippen LogP) is 16.6. The highest BCUT2D eigenvalue weighted by Gasteiger charge is 2.20. The molecule has 0 saturated carbocycles. The molecule has 2 aromatic heterocycles. The Kier molecular flexibility index (Phi) is 8.15. The Morgan fingerprint density at radius 3 is 1.10 bits per heavy atom. The van der Waals surface area contributed by atoms with Crippen molar-refractivity contribution in [3.05, 3.63) is 191 Å². The number of hydrogen-bond donors (Lipinski definition) is 0. The fraction of sp³-hybridized carbons (Fsp3) is 0.107. The smallest absolute Gasteiger partial charge is 0.139 e. The van der Waals surface area contributed by atoms with Gasteiger partial charge in [-0.1, -0.05) is 60.7 Å². The molecule has 4 nitrogen and oxygen atoms in total. The van der Waals surface area contributed by atoms with Crippen LogP contribution >= 0.6 is 0 Å². The molecule has 11 rings (SSSR count). The molecule has 0 N–H and O–H groups in total. The maximum Gasteiger partial charge on any atom is 0.139 e. The second kappa shape index (κ2) is 13.6. The van der Waals surface area contributed by atoms with Gasteiger partial charge in [0.25, 0.3) is 0 Å². The lowest BCUT2D eigenvalue weighted by Gasteiger charge is -2.28. The summed E-state index contributed by atoms with van der Waals surface area (Å²) >= 11 is 0. The summed E-state index contributed by atoms with van der Waals surface area (Å²) in [6.07, 6.45) is 0. The number of anilines is 6. The molecule has 0 saturated heterocycles. The van der Waals surface area contributed by atoms with Gasteiger partial charge in [0.1, 0.15) is 22.3 Å². The molecular formula is C56H44N2O2. The molecule has 2 heterocycles. The summed E-state index contributed by atoms with van der Waals surface area (Å²) in [5.41, 5.74) is 17.6. The van der Waals surface area contributed by atoms with Crippen LogP contribution in [0, 0.1) is 41.5 Å². The highest BCUT2D eigenvalue weighted by Crippen LogP contribution is 2.44. The summed E-state index contributed by atoms with van der Waals surface area (Å²) in [5, 5.41) is 8.94. The van der Waals surface area contributed by atoms with Crippen molar-refractivity contribution in [2.24, 2.45) is 0 Å². The summed E-state index contributed by atoms with van der Waals surface area (Å²) in [6, 6.07) is 57.5. The zero-order valence-corrected chi connectivity index (χ0v) is 34.7. The largest absolute Gasteiger partial charge is 0.456 e. The van der Waals surface area contributed by atoms with Gasteiger partial charge < -0.3 is 18.6 Å². The highest BCUT2D eigenvalue weighted by molar-refractivity contribution is 6.18. The van der Waals surface area contributed by atoms with E-state index < -0.39 is 0 Å². The molecule has 60 heavy (non-hydrogen) atoms. The van der Waals surface area contributed by atoms with Gasteiger partial charge in [-0.3, -0.25) is 0 Å². The van der Waals surface area contributed by atoms with Crippen molar-refractivity contribution in [2.75, 3.05) is 9.80 Å².